The molecule has 2 heteroatoms. The van der Waals surface area contributed by atoms with Gasteiger partial charge in [-0.1, -0.05) is 194 Å². The molecule has 0 saturated heterocycles. The summed E-state index contributed by atoms with van der Waals surface area (Å²) >= 11 is 0. The Labute approximate surface area is 272 Å². The van der Waals surface area contributed by atoms with Crippen LogP contribution in [0.3, 0.4) is 0 Å². The van der Waals surface area contributed by atoms with Crippen molar-refractivity contribution in [2.75, 3.05) is 0 Å². The lowest BCUT2D eigenvalue weighted by Crippen LogP contribution is -2.37. The van der Waals surface area contributed by atoms with Crippen LogP contribution in [-0.4, -0.2) is 4.57 Å². The van der Waals surface area contributed by atoms with Gasteiger partial charge in [0, 0.05) is 6.42 Å². The van der Waals surface area contributed by atoms with Crippen molar-refractivity contribution >= 4 is 0 Å². The van der Waals surface area contributed by atoms with Gasteiger partial charge in [0.15, 0.2) is 0 Å². The zero-order chi connectivity index (χ0) is 30.9. The summed E-state index contributed by atoms with van der Waals surface area (Å²) < 4.78 is 5.24. The maximum Gasteiger partial charge on any atom is 0.256 e. The van der Waals surface area contributed by atoms with E-state index in [2.05, 4.69) is 42.3 Å². The van der Waals surface area contributed by atoms with Gasteiger partial charge in [0.2, 0.25) is 0 Å². The number of imidazole rings is 1. The third-order valence-electron chi connectivity index (χ3n) is 9.85. The van der Waals surface area contributed by atoms with Crippen LogP contribution in [-0.2, 0) is 19.5 Å². The molecule has 254 valence electrons. The van der Waals surface area contributed by atoms with Gasteiger partial charge in [-0.3, -0.25) is 0 Å². The Bertz CT molecular complexity index is 663. The zero-order valence-electron chi connectivity index (χ0n) is 30.3. The summed E-state index contributed by atoms with van der Waals surface area (Å²) in [6.45, 7) is 9.39. The van der Waals surface area contributed by atoms with Gasteiger partial charge in [-0.2, -0.15) is 0 Å². The summed E-state index contributed by atoms with van der Waals surface area (Å²) in [6, 6.07) is 0. The first kappa shape index (κ1) is 40.2. The highest BCUT2D eigenvalue weighted by molar-refractivity contribution is 4.84. The highest BCUT2D eigenvalue weighted by Gasteiger charge is 2.16. The summed E-state index contributed by atoms with van der Waals surface area (Å²) in [5.74, 6) is 1.62. The number of hydrogen-bond acceptors (Lipinski definition) is 0. The monoisotopic (exact) mass is 602 g/mol. The lowest BCUT2D eigenvalue weighted by atomic mass is 10.0. The molecule has 1 aromatic rings. The standard InChI is InChI=1S/C41H81N2/c1-4-7-10-13-15-17-19-21-22-23-25-27-29-31-33-36-41-42(37-34-12-9-6-3)39-40-43(41)38-35-32-30-28-26-24-20-18-16-14-11-8-5-2/h39-40H,4-38H2,1-3H3/q+1. The molecule has 0 spiro atoms. The van der Waals surface area contributed by atoms with Gasteiger partial charge in [-0.25, -0.2) is 9.13 Å². The second-order valence-corrected chi connectivity index (χ2v) is 14.1. The van der Waals surface area contributed by atoms with Gasteiger partial charge in [0.05, 0.1) is 13.1 Å². The van der Waals surface area contributed by atoms with Crippen LogP contribution >= 0.6 is 0 Å². The van der Waals surface area contributed by atoms with Crippen LogP contribution in [0.1, 0.15) is 232 Å². The van der Waals surface area contributed by atoms with E-state index in [1.54, 1.807) is 5.82 Å². The van der Waals surface area contributed by atoms with E-state index in [1.807, 2.05) is 0 Å². The summed E-state index contributed by atoms with van der Waals surface area (Å²) in [5.41, 5.74) is 0. The van der Waals surface area contributed by atoms with Gasteiger partial charge in [-0.05, 0) is 32.1 Å². The van der Waals surface area contributed by atoms with Crippen molar-refractivity contribution in [1.82, 2.24) is 4.57 Å². The summed E-state index contributed by atoms with van der Waals surface area (Å²) in [6.07, 6.45) is 51.9. The molecule has 0 aromatic carbocycles. The number of unbranched alkanes of at least 4 members (excludes halogenated alkanes) is 29. The van der Waals surface area contributed by atoms with Crippen molar-refractivity contribution in [3.63, 3.8) is 0 Å². The molecule has 0 amide bonds. The summed E-state index contributed by atoms with van der Waals surface area (Å²) in [5, 5.41) is 0. The Morgan fingerprint density at radius 1 is 0.395 bits per heavy atom. The Morgan fingerprint density at radius 3 is 1.12 bits per heavy atom. The van der Waals surface area contributed by atoms with E-state index in [4.69, 9.17) is 0 Å². The molecule has 0 unspecified atom stereocenters. The van der Waals surface area contributed by atoms with Crippen molar-refractivity contribution in [3.8, 4) is 0 Å². The fourth-order valence-corrected chi connectivity index (χ4v) is 6.86. The van der Waals surface area contributed by atoms with E-state index in [1.165, 1.54) is 225 Å². The van der Waals surface area contributed by atoms with Crippen molar-refractivity contribution < 1.29 is 4.57 Å². The van der Waals surface area contributed by atoms with E-state index >= 15 is 0 Å². The largest absolute Gasteiger partial charge is 0.256 e. The van der Waals surface area contributed by atoms with Gasteiger partial charge < -0.3 is 0 Å². The first-order valence-electron chi connectivity index (χ1n) is 20.4. The minimum atomic E-state index is 1.22. The number of aryl methyl sites for hydroxylation is 2. The third-order valence-corrected chi connectivity index (χ3v) is 9.85. The molecule has 1 heterocycles. The van der Waals surface area contributed by atoms with Crippen LogP contribution in [0.5, 0.6) is 0 Å². The van der Waals surface area contributed by atoms with Crippen LogP contribution in [0.25, 0.3) is 0 Å². The van der Waals surface area contributed by atoms with Gasteiger partial charge >= 0.3 is 0 Å². The van der Waals surface area contributed by atoms with E-state index < -0.39 is 0 Å². The van der Waals surface area contributed by atoms with Crippen LogP contribution in [0.2, 0.25) is 0 Å². The molecule has 1 aromatic heterocycles. The molecule has 0 saturated carbocycles. The Morgan fingerprint density at radius 2 is 0.721 bits per heavy atom. The SMILES string of the molecule is CCCCCCCCCCCCCCCCCc1n(CCCCCC)cc[n+]1CCCCCCCCCCCCCCC. The second-order valence-electron chi connectivity index (χ2n) is 14.1. The van der Waals surface area contributed by atoms with E-state index in [0.29, 0.717) is 0 Å². The minimum Gasteiger partial charge on any atom is -0.234 e. The molecule has 0 aliphatic rings. The predicted octanol–water partition coefficient (Wildman–Crippen LogP) is 13.9. The van der Waals surface area contributed by atoms with Crippen molar-refractivity contribution in [2.24, 2.45) is 0 Å². The number of nitrogens with zero attached hydrogens (tertiary/aromatic N) is 2. The molecule has 0 radical (unpaired) electrons. The Balaban J connectivity index is 2.16. The predicted molar refractivity (Wildman–Crippen MR) is 193 cm³/mol. The highest BCUT2D eigenvalue weighted by Crippen LogP contribution is 2.15. The lowest BCUT2D eigenvalue weighted by Gasteiger charge is -2.07. The molecule has 1 rings (SSSR count). The molecule has 0 fully saturated rings. The molecular formula is C41H81N2+. The maximum atomic E-state index is 2.63. The molecule has 0 aliphatic heterocycles. The quantitative estimate of drug-likeness (QED) is 0.0540. The van der Waals surface area contributed by atoms with Crippen molar-refractivity contribution in [2.45, 2.75) is 246 Å². The number of hydrogen-bond donors (Lipinski definition) is 0. The fraction of sp³-hybridized carbons (Fsp3) is 0.927. The summed E-state index contributed by atoms with van der Waals surface area (Å²) in [4.78, 5) is 0. The van der Waals surface area contributed by atoms with Gasteiger partial charge in [0.1, 0.15) is 12.4 Å². The molecular weight excluding hydrogens is 520 g/mol. The topological polar surface area (TPSA) is 8.81 Å². The fourth-order valence-electron chi connectivity index (χ4n) is 6.86. The van der Waals surface area contributed by atoms with Crippen LogP contribution < -0.4 is 4.57 Å². The first-order valence-corrected chi connectivity index (χ1v) is 20.4. The maximum absolute atomic E-state index is 2.63. The van der Waals surface area contributed by atoms with Gasteiger partial charge in [0.25, 0.3) is 5.82 Å². The van der Waals surface area contributed by atoms with Crippen LogP contribution in [0, 0.1) is 0 Å². The normalized spacial score (nSPS) is 11.6. The number of aromatic nitrogens is 2. The van der Waals surface area contributed by atoms with Crippen molar-refractivity contribution in [1.29, 1.82) is 0 Å². The molecule has 0 bridgehead atoms. The second kappa shape index (κ2) is 32.6. The average molecular weight is 602 g/mol. The highest BCUT2D eigenvalue weighted by atomic mass is 15.1. The molecule has 0 aliphatic carbocycles. The molecule has 2 nitrogen and oxygen atoms in total. The van der Waals surface area contributed by atoms with E-state index in [9.17, 15) is 0 Å². The van der Waals surface area contributed by atoms with Crippen LogP contribution in [0.4, 0.5) is 0 Å². The van der Waals surface area contributed by atoms with E-state index in [-0.39, 0.29) is 0 Å². The summed E-state index contributed by atoms with van der Waals surface area (Å²) in [7, 11) is 0. The van der Waals surface area contributed by atoms with E-state index in [0.717, 1.165) is 0 Å². The van der Waals surface area contributed by atoms with Crippen molar-refractivity contribution in [3.05, 3.63) is 18.2 Å². The molecule has 0 N–H and O–H groups in total. The van der Waals surface area contributed by atoms with Gasteiger partial charge in [-0.15, -0.1) is 0 Å². The zero-order valence-corrected chi connectivity index (χ0v) is 30.3. The van der Waals surface area contributed by atoms with Crippen LogP contribution in [0.15, 0.2) is 12.4 Å². The lowest BCUT2D eigenvalue weighted by molar-refractivity contribution is -0.704. The smallest absolute Gasteiger partial charge is 0.234 e. The number of rotatable bonds is 35. The minimum absolute atomic E-state index is 1.22. The molecule has 43 heavy (non-hydrogen) atoms. The first-order chi connectivity index (χ1) is 21.3. The third kappa shape index (κ3) is 25.1. The average Bonchev–Trinajstić information content (AvgIpc) is 3.40. The Kier molecular flexibility index (Phi) is 30.5. The Hall–Kier alpha value is -0.790. The molecule has 0 atom stereocenters.